The van der Waals surface area contributed by atoms with Crippen LogP contribution in [0.4, 0.5) is 0 Å². The number of rotatable bonds is 2. The molecular formula is C10H17N3. The van der Waals surface area contributed by atoms with Crippen LogP contribution in [0.1, 0.15) is 19.3 Å². The minimum absolute atomic E-state index is 0.0251. The summed E-state index contributed by atoms with van der Waals surface area (Å²) in [6.45, 7) is 5.40. The van der Waals surface area contributed by atoms with Gasteiger partial charge in [-0.1, -0.05) is 6.42 Å². The fourth-order valence-corrected chi connectivity index (χ4v) is 2.21. The molecule has 1 heterocycles. The maximum absolute atomic E-state index is 9.07. The molecule has 0 bridgehead atoms. The molecule has 3 heteroatoms. The molecule has 0 aromatic heterocycles. The smallest absolute Gasteiger partial charge is 0.0703 e. The first-order valence-electron chi connectivity index (χ1n) is 5.19. The Bertz CT molecular complexity index is 209. The third kappa shape index (κ3) is 1.84. The molecule has 0 atom stereocenters. The molecule has 0 spiro atoms. The van der Waals surface area contributed by atoms with Gasteiger partial charge in [0.1, 0.15) is 0 Å². The van der Waals surface area contributed by atoms with E-state index in [2.05, 4.69) is 16.3 Å². The average molecular weight is 179 g/mol. The number of hydrogen-bond donors (Lipinski definition) is 1. The largest absolute Gasteiger partial charge is 0.314 e. The van der Waals surface area contributed by atoms with Crippen molar-refractivity contribution in [2.75, 3.05) is 32.7 Å². The van der Waals surface area contributed by atoms with Crippen molar-refractivity contribution >= 4 is 0 Å². The zero-order chi connectivity index (χ0) is 9.15. The van der Waals surface area contributed by atoms with Gasteiger partial charge < -0.3 is 5.32 Å². The topological polar surface area (TPSA) is 39.1 Å². The van der Waals surface area contributed by atoms with Gasteiger partial charge in [-0.05, 0) is 12.8 Å². The highest BCUT2D eigenvalue weighted by Crippen LogP contribution is 2.40. The van der Waals surface area contributed by atoms with Crippen LogP contribution < -0.4 is 5.32 Å². The molecule has 3 nitrogen and oxygen atoms in total. The molecule has 13 heavy (non-hydrogen) atoms. The van der Waals surface area contributed by atoms with E-state index in [4.69, 9.17) is 5.26 Å². The summed E-state index contributed by atoms with van der Waals surface area (Å²) < 4.78 is 0. The van der Waals surface area contributed by atoms with E-state index in [1.54, 1.807) is 0 Å². The molecule has 0 aromatic carbocycles. The number of nitriles is 1. The molecule has 1 saturated heterocycles. The van der Waals surface area contributed by atoms with E-state index in [1.165, 1.54) is 6.42 Å². The Labute approximate surface area is 79.7 Å². The monoisotopic (exact) mass is 179 g/mol. The second-order valence-corrected chi connectivity index (χ2v) is 4.27. The predicted octanol–water partition coefficient (Wildman–Crippen LogP) is 0.585. The van der Waals surface area contributed by atoms with Gasteiger partial charge >= 0.3 is 0 Å². The summed E-state index contributed by atoms with van der Waals surface area (Å²) in [4.78, 5) is 2.43. The lowest BCUT2D eigenvalue weighted by Gasteiger charge is -2.40. The van der Waals surface area contributed by atoms with E-state index in [1.807, 2.05) is 0 Å². The van der Waals surface area contributed by atoms with E-state index >= 15 is 0 Å². The van der Waals surface area contributed by atoms with Crippen LogP contribution >= 0.6 is 0 Å². The van der Waals surface area contributed by atoms with Crippen molar-refractivity contribution in [2.24, 2.45) is 5.41 Å². The van der Waals surface area contributed by atoms with Crippen molar-refractivity contribution < 1.29 is 0 Å². The van der Waals surface area contributed by atoms with Crippen LogP contribution in [-0.4, -0.2) is 37.6 Å². The molecule has 0 radical (unpaired) electrons. The summed E-state index contributed by atoms with van der Waals surface area (Å²) in [5.41, 5.74) is 0.0251. The molecule has 2 fully saturated rings. The molecule has 0 amide bonds. The first-order chi connectivity index (χ1) is 6.35. The van der Waals surface area contributed by atoms with E-state index in [0.717, 1.165) is 45.6 Å². The molecule has 1 saturated carbocycles. The Morgan fingerprint density at radius 1 is 1.31 bits per heavy atom. The van der Waals surface area contributed by atoms with Crippen LogP contribution in [-0.2, 0) is 0 Å². The number of piperazine rings is 1. The Balaban J connectivity index is 1.85. The second kappa shape index (κ2) is 3.65. The Morgan fingerprint density at radius 2 is 2.00 bits per heavy atom. The van der Waals surface area contributed by atoms with Gasteiger partial charge in [0.25, 0.3) is 0 Å². The SMILES string of the molecule is N#CC1(CN2CCNCC2)CCC1. The normalized spacial score (nSPS) is 27.6. The highest BCUT2D eigenvalue weighted by Gasteiger charge is 2.38. The molecule has 0 aromatic rings. The van der Waals surface area contributed by atoms with Gasteiger partial charge in [-0.2, -0.15) is 5.26 Å². The maximum Gasteiger partial charge on any atom is 0.0703 e. The van der Waals surface area contributed by atoms with Gasteiger partial charge in [0, 0.05) is 32.7 Å². The van der Waals surface area contributed by atoms with Gasteiger partial charge in [-0.15, -0.1) is 0 Å². The van der Waals surface area contributed by atoms with Crippen LogP contribution in [0.5, 0.6) is 0 Å². The van der Waals surface area contributed by atoms with Crippen molar-refractivity contribution in [3.05, 3.63) is 0 Å². The number of hydrogen-bond acceptors (Lipinski definition) is 3. The number of nitrogens with zero attached hydrogens (tertiary/aromatic N) is 2. The van der Waals surface area contributed by atoms with Crippen molar-refractivity contribution in [2.45, 2.75) is 19.3 Å². The molecule has 0 unspecified atom stereocenters. The molecule has 1 aliphatic heterocycles. The highest BCUT2D eigenvalue weighted by molar-refractivity contribution is 5.06. The third-order valence-electron chi connectivity index (χ3n) is 3.28. The lowest BCUT2D eigenvalue weighted by Crippen LogP contribution is -2.49. The first-order valence-corrected chi connectivity index (χ1v) is 5.19. The Kier molecular flexibility index (Phi) is 2.52. The van der Waals surface area contributed by atoms with Gasteiger partial charge in [0.2, 0.25) is 0 Å². The zero-order valence-electron chi connectivity index (χ0n) is 8.05. The highest BCUT2D eigenvalue weighted by atomic mass is 15.2. The molecule has 1 aliphatic carbocycles. The van der Waals surface area contributed by atoms with Gasteiger partial charge in [0.15, 0.2) is 0 Å². The predicted molar refractivity (Wildman–Crippen MR) is 51.2 cm³/mol. The van der Waals surface area contributed by atoms with Crippen LogP contribution in [0, 0.1) is 16.7 Å². The van der Waals surface area contributed by atoms with Crippen LogP contribution in [0.2, 0.25) is 0 Å². The summed E-state index contributed by atoms with van der Waals surface area (Å²) in [5, 5.41) is 12.4. The van der Waals surface area contributed by atoms with Gasteiger partial charge in [0.05, 0.1) is 11.5 Å². The molecular weight excluding hydrogens is 162 g/mol. The first kappa shape index (κ1) is 8.98. The third-order valence-corrected chi connectivity index (χ3v) is 3.28. The molecule has 2 rings (SSSR count). The van der Waals surface area contributed by atoms with E-state index < -0.39 is 0 Å². The Hall–Kier alpha value is -0.590. The van der Waals surface area contributed by atoms with Crippen molar-refractivity contribution in [3.63, 3.8) is 0 Å². The summed E-state index contributed by atoms with van der Waals surface area (Å²) in [7, 11) is 0. The summed E-state index contributed by atoms with van der Waals surface area (Å²) >= 11 is 0. The van der Waals surface area contributed by atoms with Crippen LogP contribution in [0.3, 0.4) is 0 Å². The minimum Gasteiger partial charge on any atom is -0.314 e. The van der Waals surface area contributed by atoms with Gasteiger partial charge in [-0.25, -0.2) is 0 Å². The minimum atomic E-state index is 0.0251. The second-order valence-electron chi connectivity index (χ2n) is 4.27. The standard InChI is InChI=1S/C10H17N3/c11-8-10(2-1-3-10)9-13-6-4-12-5-7-13/h12H,1-7,9H2. The fourth-order valence-electron chi connectivity index (χ4n) is 2.21. The van der Waals surface area contributed by atoms with E-state index in [0.29, 0.717) is 0 Å². The van der Waals surface area contributed by atoms with Crippen molar-refractivity contribution in [3.8, 4) is 6.07 Å². The van der Waals surface area contributed by atoms with Crippen molar-refractivity contribution in [1.29, 1.82) is 5.26 Å². The molecule has 2 aliphatic rings. The van der Waals surface area contributed by atoms with Crippen LogP contribution in [0.15, 0.2) is 0 Å². The van der Waals surface area contributed by atoms with E-state index in [9.17, 15) is 0 Å². The molecule has 72 valence electrons. The van der Waals surface area contributed by atoms with Crippen molar-refractivity contribution in [1.82, 2.24) is 10.2 Å². The zero-order valence-corrected chi connectivity index (χ0v) is 8.05. The van der Waals surface area contributed by atoms with Gasteiger partial charge in [-0.3, -0.25) is 4.90 Å². The fraction of sp³-hybridized carbons (Fsp3) is 0.900. The lowest BCUT2D eigenvalue weighted by molar-refractivity contribution is 0.111. The number of nitrogens with one attached hydrogen (secondary N) is 1. The maximum atomic E-state index is 9.07. The summed E-state index contributed by atoms with van der Waals surface area (Å²) in [6.07, 6.45) is 3.49. The van der Waals surface area contributed by atoms with E-state index in [-0.39, 0.29) is 5.41 Å². The summed E-state index contributed by atoms with van der Waals surface area (Å²) in [5.74, 6) is 0. The summed E-state index contributed by atoms with van der Waals surface area (Å²) in [6, 6.07) is 2.50. The average Bonchev–Trinajstić information content (AvgIpc) is 2.13. The Morgan fingerprint density at radius 3 is 2.46 bits per heavy atom. The van der Waals surface area contributed by atoms with Crippen LogP contribution in [0.25, 0.3) is 0 Å². The quantitative estimate of drug-likeness (QED) is 0.674. The lowest BCUT2D eigenvalue weighted by atomic mass is 9.69. The molecule has 1 N–H and O–H groups in total.